The van der Waals surface area contributed by atoms with Gasteiger partial charge in [-0.05, 0) is 43.8 Å². The molecule has 0 fully saturated rings. The average Bonchev–Trinajstić information content (AvgIpc) is 2.48. The molecule has 6 nitrogen and oxygen atoms in total. The lowest BCUT2D eigenvalue weighted by molar-refractivity contribution is 0.146. The molecule has 120 valence electrons. The largest absolute Gasteiger partial charge is 0.491 e. The third kappa shape index (κ3) is 6.90. The summed E-state index contributed by atoms with van der Waals surface area (Å²) in [7, 11) is -1.85. The molecule has 1 aromatic carbocycles. The van der Waals surface area contributed by atoms with E-state index in [1.54, 1.807) is 19.2 Å². The average molecular weight is 316 g/mol. The maximum absolute atomic E-state index is 12.0. The summed E-state index contributed by atoms with van der Waals surface area (Å²) < 4.78 is 36.9. The quantitative estimate of drug-likeness (QED) is 0.595. The molecule has 0 radical (unpaired) electrons. The topological polar surface area (TPSA) is 76.7 Å². The number of hydrogen-bond donors (Lipinski definition) is 2. The molecule has 1 aromatic rings. The van der Waals surface area contributed by atoms with Gasteiger partial charge in [0, 0.05) is 13.7 Å². The number of nitrogens with one attached hydrogen (secondary N) is 2. The summed E-state index contributed by atoms with van der Waals surface area (Å²) in [6.07, 6.45) is 0.755. The number of methoxy groups -OCH3 is 1. The first-order chi connectivity index (χ1) is 10.1. The number of sulfonamides is 1. The molecule has 0 aliphatic carbocycles. The van der Waals surface area contributed by atoms with Gasteiger partial charge in [-0.15, -0.1) is 0 Å². The molecule has 7 heteroatoms. The fourth-order valence-corrected chi connectivity index (χ4v) is 2.71. The van der Waals surface area contributed by atoms with Crippen LogP contribution in [0.1, 0.15) is 13.3 Å². The van der Waals surface area contributed by atoms with E-state index in [2.05, 4.69) is 10.0 Å². The van der Waals surface area contributed by atoms with E-state index < -0.39 is 10.0 Å². The highest BCUT2D eigenvalue weighted by molar-refractivity contribution is 7.89. The second kappa shape index (κ2) is 9.73. The fourth-order valence-electron chi connectivity index (χ4n) is 1.64. The van der Waals surface area contributed by atoms with Gasteiger partial charge in [0.1, 0.15) is 12.4 Å². The van der Waals surface area contributed by atoms with Gasteiger partial charge < -0.3 is 14.8 Å². The molecule has 0 saturated carbocycles. The van der Waals surface area contributed by atoms with Crippen LogP contribution in [0.4, 0.5) is 0 Å². The summed E-state index contributed by atoms with van der Waals surface area (Å²) in [6, 6.07) is 6.36. The van der Waals surface area contributed by atoms with Crippen molar-refractivity contribution in [2.24, 2.45) is 0 Å². The van der Waals surface area contributed by atoms with Gasteiger partial charge >= 0.3 is 0 Å². The van der Waals surface area contributed by atoms with E-state index in [0.29, 0.717) is 25.5 Å². The predicted octanol–water partition coefficient (Wildman–Crippen LogP) is 0.990. The van der Waals surface area contributed by atoms with Crippen molar-refractivity contribution in [2.45, 2.75) is 18.2 Å². The van der Waals surface area contributed by atoms with Gasteiger partial charge in [0.2, 0.25) is 10.0 Å². The van der Waals surface area contributed by atoms with Gasteiger partial charge in [0.15, 0.2) is 0 Å². The first kappa shape index (κ1) is 17.9. The molecular formula is C14H24N2O4S. The Hall–Kier alpha value is -1.15. The summed E-state index contributed by atoms with van der Waals surface area (Å²) in [4.78, 5) is 0.241. The third-order valence-electron chi connectivity index (χ3n) is 2.76. The van der Waals surface area contributed by atoms with E-state index >= 15 is 0 Å². The summed E-state index contributed by atoms with van der Waals surface area (Å²) in [5, 5.41) is 3.14. The zero-order chi connectivity index (χ0) is 15.6. The van der Waals surface area contributed by atoms with Crippen molar-refractivity contribution in [1.29, 1.82) is 0 Å². The van der Waals surface area contributed by atoms with Crippen LogP contribution >= 0.6 is 0 Å². The molecule has 0 aliphatic heterocycles. The van der Waals surface area contributed by atoms with E-state index in [-0.39, 0.29) is 4.90 Å². The third-order valence-corrected chi connectivity index (χ3v) is 4.24. The van der Waals surface area contributed by atoms with Gasteiger partial charge in [-0.2, -0.15) is 0 Å². The molecular weight excluding hydrogens is 292 g/mol. The summed E-state index contributed by atoms with van der Waals surface area (Å²) in [6.45, 7) is 5.04. The smallest absolute Gasteiger partial charge is 0.240 e. The standard InChI is InChI=1S/C14H24N2O4S/c1-3-15-9-4-10-16-21(17,18)14-7-5-13(6-8-14)20-12-11-19-2/h5-8,15-16H,3-4,9-12H2,1-2H3. The van der Waals surface area contributed by atoms with Crippen molar-refractivity contribution < 1.29 is 17.9 Å². The minimum absolute atomic E-state index is 0.241. The first-order valence-corrected chi connectivity index (χ1v) is 8.50. The zero-order valence-corrected chi connectivity index (χ0v) is 13.4. The Morgan fingerprint density at radius 3 is 2.43 bits per heavy atom. The molecule has 0 unspecified atom stereocenters. The van der Waals surface area contributed by atoms with Crippen molar-refractivity contribution >= 4 is 10.0 Å². The summed E-state index contributed by atoms with van der Waals surface area (Å²) >= 11 is 0. The minimum atomic E-state index is -3.45. The normalized spacial score (nSPS) is 11.5. The predicted molar refractivity (Wildman–Crippen MR) is 82.2 cm³/mol. The summed E-state index contributed by atoms with van der Waals surface area (Å²) in [5.74, 6) is 0.623. The highest BCUT2D eigenvalue weighted by Crippen LogP contribution is 2.15. The highest BCUT2D eigenvalue weighted by Gasteiger charge is 2.12. The minimum Gasteiger partial charge on any atom is -0.491 e. The molecule has 2 N–H and O–H groups in total. The van der Waals surface area contributed by atoms with Gasteiger partial charge in [-0.1, -0.05) is 6.92 Å². The van der Waals surface area contributed by atoms with E-state index in [1.165, 1.54) is 12.1 Å². The molecule has 0 bridgehead atoms. The number of hydrogen-bond acceptors (Lipinski definition) is 5. The van der Waals surface area contributed by atoms with Crippen LogP contribution in [-0.2, 0) is 14.8 Å². The number of benzene rings is 1. The lowest BCUT2D eigenvalue weighted by Crippen LogP contribution is -2.27. The van der Waals surface area contributed by atoms with Crippen LogP contribution in [-0.4, -0.2) is 48.4 Å². The Labute approximate surface area is 126 Å². The Morgan fingerprint density at radius 2 is 1.81 bits per heavy atom. The SMILES string of the molecule is CCNCCCNS(=O)(=O)c1ccc(OCCOC)cc1. The number of ether oxygens (including phenoxy) is 2. The Balaban J connectivity index is 2.47. The molecule has 0 amide bonds. The van der Waals surface area contributed by atoms with Crippen molar-refractivity contribution in [3.8, 4) is 5.75 Å². The first-order valence-electron chi connectivity index (χ1n) is 7.02. The van der Waals surface area contributed by atoms with Crippen LogP contribution in [0.2, 0.25) is 0 Å². The maximum atomic E-state index is 12.0. The molecule has 0 spiro atoms. The molecule has 0 atom stereocenters. The maximum Gasteiger partial charge on any atom is 0.240 e. The number of rotatable bonds is 11. The van der Waals surface area contributed by atoms with Crippen molar-refractivity contribution in [1.82, 2.24) is 10.0 Å². The summed E-state index contributed by atoms with van der Waals surface area (Å²) in [5.41, 5.74) is 0. The Bertz CT molecular complexity index is 488. The molecule has 1 rings (SSSR count). The molecule has 0 heterocycles. The second-order valence-electron chi connectivity index (χ2n) is 4.42. The second-order valence-corrected chi connectivity index (χ2v) is 6.18. The molecule has 21 heavy (non-hydrogen) atoms. The fraction of sp³-hybridized carbons (Fsp3) is 0.571. The van der Waals surface area contributed by atoms with Crippen LogP contribution in [0.25, 0.3) is 0 Å². The van der Waals surface area contributed by atoms with E-state index in [4.69, 9.17) is 9.47 Å². The van der Waals surface area contributed by atoms with Crippen LogP contribution in [0.15, 0.2) is 29.2 Å². The monoisotopic (exact) mass is 316 g/mol. The van der Waals surface area contributed by atoms with E-state index in [1.807, 2.05) is 6.92 Å². The lowest BCUT2D eigenvalue weighted by atomic mass is 10.3. The van der Waals surface area contributed by atoms with Gasteiger partial charge in [0.05, 0.1) is 11.5 Å². The van der Waals surface area contributed by atoms with Gasteiger partial charge in [-0.25, -0.2) is 13.1 Å². The van der Waals surface area contributed by atoms with Crippen molar-refractivity contribution in [3.05, 3.63) is 24.3 Å². The Kier molecular flexibility index (Phi) is 8.29. The van der Waals surface area contributed by atoms with Gasteiger partial charge in [-0.3, -0.25) is 0 Å². The van der Waals surface area contributed by atoms with Gasteiger partial charge in [0.25, 0.3) is 0 Å². The zero-order valence-electron chi connectivity index (χ0n) is 12.6. The van der Waals surface area contributed by atoms with E-state index in [0.717, 1.165) is 19.5 Å². The lowest BCUT2D eigenvalue weighted by Gasteiger charge is -2.09. The molecule has 0 saturated heterocycles. The van der Waals surface area contributed by atoms with E-state index in [9.17, 15) is 8.42 Å². The van der Waals surface area contributed by atoms with Crippen LogP contribution < -0.4 is 14.8 Å². The highest BCUT2D eigenvalue weighted by atomic mass is 32.2. The van der Waals surface area contributed by atoms with Crippen molar-refractivity contribution in [3.63, 3.8) is 0 Å². The van der Waals surface area contributed by atoms with Crippen molar-refractivity contribution in [2.75, 3.05) is 40.0 Å². The Morgan fingerprint density at radius 1 is 1.10 bits per heavy atom. The molecule has 0 aliphatic rings. The molecule has 0 aromatic heterocycles. The van der Waals surface area contributed by atoms with Crippen LogP contribution in [0.5, 0.6) is 5.75 Å². The van der Waals surface area contributed by atoms with Crippen LogP contribution in [0.3, 0.4) is 0 Å². The van der Waals surface area contributed by atoms with Crippen LogP contribution in [0, 0.1) is 0 Å².